The van der Waals surface area contributed by atoms with Crippen LogP contribution < -0.4 is 10.5 Å². The predicted octanol–water partition coefficient (Wildman–Crippen LogP) is 1.69. The van der Waals surface area contributed by atoms with Gasteiger partial charge in [0.15, 0.2) is 0 Å². The zero-order valence-corrected chi connectivity index (χ0v) is 8.51. The van der Waals surface area contributed by atoms with Crippen molar-refractivity contribution in [3.05, 3.63) is 36.0 Å². The zero-order chi connectivity index (χ0) is 11.5. The Morgan fingerprint density at radius 2 is 2.06 bits per heavy atom. The maximum atomic E-state index is 13.2. The molecule has 16 heavy (non-hydrogen) atoms. The van der Waals surface area contributed by atoms with Crippen LogP contribution in [0, 0.1) is 12.7 Å². The Kier molecular flexibility index (Phi) is 2.63. The molecule has 0 radical (unpaired) electrons. The van der Waals surface area contributed by atoms with Crippen LogP contribution in [0.1, 0.15) is 5.69 Å². The third kappa shape index (κ3) is 2.22. The number of hydrogen-bond acceptors (Lipinski definition) is 5. The molecule has 0 spiro atoms. The highest BCUT2D eigenvalue weighted by atomic mass is 19.1. The average Bonchev–Trinajstić information content (AvgIpc) is 2.27. The molecule has 0 unspecified atom stereocenters. The number of nitrogens with zero attached hydrogens (tertiary/aromatic N) is 3. The smallest absolute Gasteiger partial charge is 0.260 e. The second-order valence-electron chi connectivity index (χ2n) is 3.12. The normalized spacial score (nSPS) is 10.1. The van der Waals surface area contributed by atoms with Crippen LogP contribution in [-0.2, 0) is 0 Å². The predicted molar refractivity (Wildman–Crippen MR) is 55.5 cm³/mol. The molecule has 2 rings (SSSR count). The van der Waals surface area contributed by atoms with Gasteiger partial charge in [0.2, 0.25) is 11.8 Å². The highest BCUT2D eigenvalue weighted by Gasteiger charge is 2.07. The zero-order valence-electron chi connectivity index (χ0n) is 8.51. The van der Waals surface area contributed by atoms with Gasteiger partial charge in [0, 0.05) is 5.69 Å². The molecular formula is C10H9FN4O. The molecule has 0 atom stereocenters. The molecule has 0 aliphatic rings. The molecule has 0 aromatic carbocycles. The van der Waals surface area contributed by atoms with Crippen LogP contribution in [0.3, 0.4) is 0 Å². The highest BCUT2D eigenvalue weighted by Crippen LogP contribution is 2.21. The minimum Gasteiger partial charge on any atom is -0.435 e. The summed E-state index contributed by atoms with van der Waals surface area (Å²) >= 11 is 0. The van der Waals surface area contributed by atoms with Crippen LogP contribution in [0.15, 0.2) is 24.5 Å². The third-order valence-corrected chi connectivity index (χ3v) is 1.83. The minimum atomic E-state index is -0.672. The monoisotopic (exact) mass is 220 g/mol. The number of ether oxygens (including phenoxy) is 1. The van der Waals surface area contributed by atoms with Crippen molar-refractivity contribution in [3.63, 3.8) is 0 Å². The van der Waals surface area contributed by atoms with Crippen molar-refractivity contribution in [2.45, 2.75) is 6.92 Å². The van der Waals surface area contributed by atoms with Crippen molar-refractivity contribution < 1.29 is 9.13 Å². The van der Waals surface area contributed by atoms with E-state index in [4.69, 9.17) is 10.5 Å². The number of rotatable bonds is 2. The first-order chi connectivity index (χ1) is 7.65. The summed E-state index contributed by atoms with van der Waals surface area (Å²) in [5.41, 5.74) is 6.16. The fourth-order valence-corrected chi connectivity index (χ4v) is 1.06. The standard InChI is InChI=1S/C10H9FN4O/c1-6-2-3-7(4-13-6)16-9-8(11)5-14-10(12)15-9/h2-5H,1H3,(H2,12,14,15). The summed E-state index contributed by atoms with van der Waals surface area (Å²) in [6, 6.07) is 3.41. The van der Waals surface area contributed by atoms with Crippen LogP contribution in [0.5, 0.6) is 11.6 Å². The Bertz CT molecular complexity index is 501. The van der Waals surface area contributed by atoms with E-state index in [0.29, 0.717) is 5.75 Å². The SMILES string of the molecule is Cc1ccc(Oc2nc(N)ncc2F)cn1. The summed E-state index contributed by atoms with van der Waals surface area (Å²) in [7, 11) is 0. The van der Waals surface area contributed by atoms with Crippen LogP contribution in [-0.4, -0.2) is 15.0 Å². The maximum Gasteiger partial charge on any atom is 0.260 e. The second kappa shape index (κ2) is 4.09. The topological polar surface area (TPSA) is 73.9 Å². The van der Waals surface area contributed by atoms with E-state index in [2.05, 4.69) is 15.0 Å². The van der Waals surface area contributed by atoms with Crippen molar-refractivity contribution in [2.24, 2.45) is 0 Å². The Morgan fingerprint density at radius 1 is 1.25 bits per heavy atom. The number of nitrogen functional groups attached to an aromatic ring is 1. The van der Waals surface area contributed by atoms with Crippen molar-refractivity contribution in [1.82, 2.24) is 15.0 Å². The van der Waals surface area contributed by atoms with Crippen molar-refractivity contribution in [2.75, 3.05) is 5.73 Å². The van der Waals surface area contributed by atoms with Gasteiger partial charge in [0.05, 0.1) is 12.4 Å². The molecule has 2 aromatic rings. The molecule has 2 N–H and O–H groups in total. The minimum absolute atomic E-state index is 0.0449. The van der Waals surface area contributed by atoms with Crippen LogP contribution >= 0.6 is 0 Å². The fraction of sp³-hybridized carbons (Fsp3) is 0.100. The van der Waals surface area contributed by atoms with Crippen LogP contribution in [0.2, 0.25) is 0 Å². The number of pyridine rings is 1. The molecule has 0 fully saturated rings. The third-order valence-electron chi connectivity index (χ3n) is 1.83. The lowest BCUT2D eigenvalue weighted by Crippen LogP contribution is -1.99. The van der Waals surface area contributed by atoms with Gasteiger partial charge in [-0.15, -0.1) is 0 Å². The van der Waals surface area contributed by atoms with E-state index in [-0.39, 0.29) is 11.8 Å². The molecule has 82 valence electrons. The van der Waals surface area contributed by atoms with E-state index in [1.165, 1.54) is 6.20 Å². The van der Waals surface area contributed by atoms with E-state index in [0.717, 1.165) is 11.9 Å². The molecule has 2 heterocycles. The number of aryl methyl sites for hydroxylation is 1. The quantitative estimate of drug-likeness (QED) is 0.833. The van der Waals surface area contributed by atoms with Gasteiger partial charge >= 0.3 is 0 Å². The Labute approximate surface area is 91.1 Å². The number of aromatic nitrogens is 3. The van der Waals surface area contributed by atoms with E-state index in [1.807, 2.05) is 6.92 Å². The summed E-state index contributed by atoms with van der Waals surface area (Å²) in [4.78, 5) is 11.1. The van der Waals surface area contributed by atoms with Crippen molar-refractivity contribution in [3.8, 4) is 11.6 Å². The maximum absolute atomic E-state index is 13.2. The van der Waals surface area contributed by atoms with Gasteiger partial charge in [-0.3, -0.25) is 4.98 Å². The highest BCUT2D eigenvalue weighted by molar-refractivity contribution is 5.28. The molecule has 6 heteroatoms. The van der Waals surface area contributed by atoms with E-state index >= 15 is 0 Å². The average molecular weight is 220 g/mol. The molecule has 0 aliphatic carbocycles. The van der Waals surface area contributed by atoms with Gasteiger partial charge in [-0.05, 0) is 19.1 Å². The largest absolute Gasteiger partial charge is 0.435 e. The second-order valence-corrected chi connectivity index (χ2v) is 3.12. The van der Waals surface area contributed by atoms with E-state index < -0.39 is 5.82 Å². The Balaban J connectivity index is 2.26. The summed E-state index contributed by atoms with van der Waals surface area (Å²) in [5.74, 6) is -0.535. The molecular weight excluding hydrogens is 211 g/mol. The van der Waals surface area contributed by atoms with Gasteiger partial charge in [0.25, 0.3) is 5.88 Å². The molecule has 0 saturated carbocycles. The molecule has 0 amide bonds. The number of hydrogen-bond donors (Lipinski definition) is 1. The van der Waals surface area contributed by atoms with Gasteiger partial charge in [0.1, 0.15) is 5.75 Å². The lowest BCUT2D eigenvalue weighted by molar-refractivity contribution is 0.419. The fourth-order valence-electron chi connectivity index (χ4n) is 1.06. The Morgan fingerprint density at radius 3 is 2.75 bits per heavy atom. The lowest BCUT2D eigenvalue weighted by Gasteiger charge is -2.05. The summed E-state index contributed by atoms with van der Waals surface area (Å²) in [6.07, 6.45) is 2.44. The van der Waals surface area contributed by atoms with Gasteiger partial charge in [-0.1, -0.05) is 0 Å². The van der Waals surface area contributed by atoms with E-state index in [1.54, 1.807) is 12.1 Å². The van der Waals surface area contributed by atoms with E-state index in [9.17, 15) is 4.39 Å². The molecule has 0 aliphatic heterocycles. The number of halogens is 1. The summed E-state index contributed by atoms with van der Waals surface area (Å²) in [6.45, 7) is 1.84. The summed E-state index contributed by atoms with van der Waals surface area (Å²) < 4.78 is 18.4. The molecule has 0 saturated heterocycles. The first kappa shape index (κ1) is 10.3. The van der Waals surface area contributed by atoms with Crippen molar-refractivity contribution >= 4 is 5.95 Å². The molecule has 0 bridgehead atoms. The lowest BCUT2D eigenvalue weighted by atomic mass is 10.4. The Hall–Kier alpha value is -2.24. The first-order valence-electron chi connectivity index (χ1n) is 4.53. The van der Waals surface area contributed by atoms with Gasteiger partial charge in [-0.25, -0.2) is 4.98 Å². The van der Waals surface area contributed by atoms with Crippen molar-refractivity contribution in [1.29, 1.82) is 0 Å². The number of nitrogens with two attached hydrogens (primary N) is 1. The first-order valence-corrected chi connectivity index (χ1v) is 4.53. The van der Waals surface area contributed by atoms with Crippen LogP contribution in [0.4, 0.5) is 10.3 Å². The summed E-state index contributed by atoms with van der Waals surface area (Å²) in [5, 5.41) is 0. The molecule has 5 nitrogen and oxygen atoms in total. The van der Waals surface area contributed by atoms with Gasteiger partial charge in [-0.2, -0.15) is 9.37 Å². The number of anilines is 1. The molecule has 2 aromatic heterocycles. The van der Waals surface area contributed by atoms with Crippen LogP contribution in [0.25, 0.3) is 0 Å². The van der Waals surface area contributed by atoms with Gasteiger partial charge < -0.3 is 10.5 Å².